The predicted octanol–water partition coefficient (Wildman–Crippen LogP) is 8.34. The van der Waals surface area contributed by atoms with Gasteiger partial charge < -0.3 is 9.80 Å². The van der Waals surface area contributed by atoms with Gasteiger partial charge in [-0.3, -0.25) is 0 Å². The molecule has 0 amide bonds. The first-order valence-electron chi connectivity index (χ1n) is 15.1. The molecule has 2 fully saturated rings. The van der Waals surface area contributed by atoms with Crippen LogP contribution >= 0.6 is 15.9 Å². The normalized spacial score (nSPS) is 24.4. The summed E-state index contributed by atoms with van der Waals surface area (Å²) < 4.78 is 68.0. The van der Waals surface area contributed by atoms with E-state index in [1.54, 1.807) is 0 Å². The second kappa shape index (κ2) is 11.2. The van der Waals surface area contributed by atoms with Gasteiger partial charge in [-0.15, -0.1) is 0 Å². The van der Waals surface area contributed by atoms with Crippen molar-refractivity contribution in [3.8, 4) is 0 Å². The number of sulfone groups is 1. The summed E-state index contributed by atoms with van der Waals surface area (Å²) in [7, 11) is -3.98. The molecular formula is C34H38BrF3N2O2S. The second-order valence-electron chi connectivity index (χ2n) is 12.8. The van der Waals surface area contributed by atoms with E-state index in [0.29, 0.717) is 24.4 Å². The van der Waals surface area contributed by atoms with Gasteiger partial charge in [-0.2, -0.15) is 13.2 Å². The van der Waals surface area contributed by atoms with Crippen molar-refractivity contribution in [3.05, 3.63) is 94.0 Å². The maximum atomic E-state index is 14.3. The molecular weight excluding hydrogens is 637 g/mol. The van der Waals surface area contributed by atoms with Crippen LogP contribution in [0.15, 0.2) is 82.2 Å². The van der Waals surface area contributed by atoms with Crippen LogP contribution in [0.25, 0.3) is 0 Å². The van der Waals surface area contributed by atoms with E-state index in [1.807, 2.05) is 24.3 Å². The van der Waals surface area contributed by atoms with Gasteiger partial charge in [0.05, 0.1) is 10.5 Å². The standard InChI is InChI=1S/C34H38BrF3N2O2S/c1-24(2)40-23-32(30-5-3-4-6-31(30)40)19-21-39(22-20-32)28-15-17-33(18-16-28,25-7-11-27(35)12-8-25)43(41,42)29-13-9-26(10-14-29)34(36,37)38/h3-14,24,28H,15-23H2,1-2H3. The van der Waals surface area contributed by atoms with E-state index < -0.39 is 26.3 Å². The number of anilines is 1. The fourth-order valence-corrected chi connectivity index (χ4v) is 10.3. The van der Waals surface area contributed by atoms with Crippen LogP contribution < -0.4 is 4.90 Å². The van der Waals surface area contributed by atoms with Crippen LogP contribution in [0.3, 0.4) is 0 Å². The molecule has 0 aromatic heterocycles. The molecule has 43 heavy (non-hydrogen) atoms. The average Bonchev–Trinajstić information content (AvgIpc) is 3.32. The molecule has 2 aliphatic heterocycles. The lowest BCUT2D eigenvalue weighted by atomic mass is 9.73. The fraction of sp³-hybridized carbons (Fsp3) is 0.471. The third-order valence-corrected chi connectivity index (χ3v) is 13.4. The van der Waals surface area contributed by atoms with Gasteiger partial charge in [0, 0.05) is 34.2 Å². The van der Waals surface area contributed by atoms with Crippen molar-refractivity contribution < 1.29 is 21.6 Å². The van der Waals surface area contributed by atoms with Crippen molar-refractivity contribution in [1.82, 2.24) is 4.90 Å². The first-order chi connectivity index (χ1) is 20.4. The van der Waals surface area contributed by atoms with Gasteiger partial charge in [0.2, 0.25) is 0 Å². The van der Waals surface area contributed by atoms with E-state index in [0.717, 1.165) is 74.1 Å². The van der Waals surface area contributed by atoms with Crippen LogP contribution in [-0.4, -0.2) is 45.0 Å². The van der Waals surface area contributed by atoms with E-state index in [2.05, 4.69) is 63.8 Å². The van der Waals surface area contributed by atoms with Crippen LogP contribution in [0.1, 0.15) is 69.1 Å². The van der Waals surface area contributed by atoms with Crippen LogP contribution in [0.5, 0.6) is 0 Å². The Kier molecular flexibility index (Phi) is 8.00. The minimum absolute atomic E-state index is 0.0589. The maximum absolute atomic E-state index is 14.3. The average molecular weight is 676 g/mol. The third kappa shape index (κ3) is 5.33. The molecule has 0 N–H and O–H groups in total. The number of para-hydroxylation sites is 1. The second-order valence-corrected chi connectivity index (χ2v) is 16.0. The van der Waals surface area contributed by atoms with Gasteiger partial charge in [0.25, 0.3) is 0 Å². The van der Waals surface area contributed by atoms with E-state index in [9.17, 15) is 21.6 Å². The number of nitrogens with zero attached hydrogens (tertiary/aromatic N) is 2. The van der Waals surface area contributed by atoms with E-state index in [-0.39, 0.29) is 16.4 Å². The molecule has 3 aliphatic rings. The minimum atomic E-state index is -4.52. The molecule has 1 saturated heterocycles. The summed E-state index contributed by atoms with van der Waals surface area (Å²) in [5.41, 5.74) is 2.82. The van der Waals surface area contributed by atoms with E-state index in [1.165, 1.54) is 11.3 Å². The van der Waals surface area contributed by atoms with Gasteiger partial charge in [-0.1, -0.05) is 46.3 Å². The van der Waals surface area contributed by atoms with E-state index >= 15 is 0 Å². The molecule has 0 radical (unpaired) electrons. The molecule has 1 saturated carbocycles. The Morgan fingerprint density at radius 1 is 0.860 bits per heavy atom. The Morgan fingerprint density at radius 2 is 1.47 bits per heavy atom. The van der Waals surface area contributed by atoms with Crippen molar-refractivity contribution in [3.63, 3.8) is 0 Å². The van der Waals surface area contributed by atoms with Gasteiger partial charge in [0.1, 0.15) is 4.75 Å². The predicted molar refractivity (Wildman–Crippen MR) is 168 cm³/mol. The van der Waals surface area contributed by atoms with Gasteiger partial charge in [-0.05, 0) is 119 Å². The number of piperidine rings is 1. The summed E-state index contributed by atoms with van der Waals surface area (Å²) in [6, 6.07) is 20.9. The number of likely N-dealkylation sites (tertiary alicyclic amines) is 1. The molecule has 3 aromatic carbocycles. The topological polar surface area (TPSA) is 40.6 Å². The van der Waals surface area contributed by atoms with Crippen molar-refractivity contribution >= 4 is 31.5 Å². The van der Waals surface area contributed by atoms with Crippen molar-refractivity contribution in [2.75, 3.05) is 24.5 Å². The molecule has 4 nitrogen and oxygen atoms in total. The first kappa shape index (κ1) is 30.7. The molecule has 2 heterocycles. The third-order valence-electron chi connectivity index (χ3n) is 10.3. The summed E-state index contributed by atoms with van der Waals surface area (Å²) in [6.07, 6.45) is -0.0842. The lowest BCUT2D eigenvalue weighted by Gasteiger charge is -2.47. The smallest absolute Gasteiger partial charge is 0.368 e. The summed E-state index contributed by atoms with van der Waals surface area (Å²) in [5.74, 6) is 0. The number of halogens is 4. The number of hydrogen-bond donors (Lipinski definition) is 0. The van der Waals surface area contributed by atoms with Crippen LogP contribution in [0.4, 0.5) is 18.9 Å². The Morgan fingerprint density at radius 3 is 2.05 bits per heavy atom. The van der Waals surface area contributed by atoms with Gasteiger partial charge in [0.15, 0.2) is 9.84 Å². The Balaban J connectivity index is 1.22. The largest absolute Gasteiger partial charge is 0.416 e. The zero-order chi connectivity index (χ0) is 30.6. The number of hydrogen-bond acceptors (Lipinski definition) is 4. The number of rotatable bonds is 5. The Bertz CT molecular complexity index is 1560. The van der Waals surface area contributed by atoms with Gasteiger partial charge in [-0.25, -0.2) is 8.42 Å². The highest BCUT2D eigenvalue weighted by atomic mass is 79.9. The van der Waals surface area contributed by atoms with Crippen molar-refractivity contribution in [2.45, 2.75) is 85.7 Å². The summed E-state index contributed by atoms with van der Waals surface area (Å²) in [4.78, 5) is 5.03. The summed E-state index contributed by atoms with van der Waals surface area (Å²) in [5, 5.41) is 0. The molecule has 9 heteroatoms. The monoisotopic (exact) mass is 674 g/mol. The SMILES string of the molecule is CC(C)N1CC2(CCN(C3CCC(c4ccc(Br)cc4)(S(=O)(=O)c4ccc(C(F)(F)F)cc4)CC3)CC2)c2ccccc21. The lowest BCUT2D eigenvalue weighted by molar-refractivity contribution is -0.137. The molecule has 230 valence electrons. The molecule has 6 rings (SSSR count). The zero-order valence-electron chi connectivity index (χ0n) is 24.6. The van der Waals surface area contributed by atoms with Crippen LogP contribution in [0, 0.1) is 0 Å². The molecule has 0 unspecified atom stereocenters. The Hall–Kier alpha value is -2.36. The van der Waals surface area contributed by atoms with Crippen molar-refractivity contribution in [2.24, 2.45) is 0 Å². The highest BCUT2D eigenvalue weighted by Crippen LogP contribution is 2.51. The highest BCUT2D eigenvalue weighted by Gasteiger charge is 2.51. The number of alkyl halides is 3. The molecule has 1 spiro atoms. The summed E-state index contributed by atoms with van der Waals surface area (Å²) in [6.45, 7) is 7.50. The van der Waals surface area contributed by atoms with Crippen molar-refractivity contribution in [1.29, 1.82) is 0 Å². The molecule has 0 bridgehead atoms. The highest BCUT2D eigenvalue weighted by molar-refractivity contribution is 9.10. The first-order valence-corrected chi connectivity index (χ1v) is 17.4. The molecule has 0 atom stereocenters. The lowest BCUT2D eigenvalue weighted by Crippen LogP contribution is -2.51. The Labute approximate surface area is 261 Å². The fourth-order valence-electron chi connectivity index (χ4n) is 7.82. The minimum Gasteiger partial charge on any atom is -0.368 e. The number of fused-ring (bicyclic) bond motifs is 2. The van der Waals surface area contributed by atoms with Crippen LogP contribution in [-0.2, 0) is 26.2 Å². The quantitative estimate of drug-likeness (QED) is 0.273. The maximum Gasteiger partial charge on any atom is 0.416 e. The van der Waals surface area contributed by atoms with Crippen LogP contribution in [0.2, 0.25) is 0 Å². The van der Waals surface area contributed by atoms with E-state index in [4.69, 9.17) is 0 Å². The van der Waals surface area contributed by atoms with Gasteiger partial charge >= 0.3 is 6.18 Å². The molecule has 3 aromatic rings. The number of benzene rings is 3. The zero-order valence-corrected chi connectivity index (χ0v) is 27.0. The summed E-state index contributed by atoms with van der Waals surface area (Å²) >= 11 is 3.45. The molecule has 1 aliphatic carbocycles.